The third kappa shape index (κ3) is 5.11. The van der Waals surface area contributed by atoms with Crippen molar-refractivity contribution < 1.29 is 14.0 Å². The van der Waals surface area contributed by atoms with Crippen LogP contribution in [0.3, 0.4) is 0 Å². The molecule has 3 N–H and O–H groups in total. The van der Waals surface area contributed by atoms with Gasteiger partial charge in [0.2, 0.25) is 5.91 Å². The van der Waals surface area contributed by atoms with E-state index in [0.717, 1.165) is 12.0 Å². The van der Waals surface area contributed by atoms with E-state index in [2.05, 4.69) is 5.32 Å². The molecule has 1 aliphatic rings. The van der Waals surface area contributed by atoms with Crippen LogP contribution in [-0.2, 0) is 11.2 Å². The number of furan rings is 1. The van der Waals surface area contributed by atoms with Gasteiger partial charge in [-0.05, 0) is 43.5 Å². The highest BCUT2D eigenvalue weighted by Crippen LogP contribution is 2.23. The van der Waals surface area contributed by atoms with Gasteiger partial charge in [-0.3, -0.25) is 9.59 Å². The Morgan fingerprint density at radius 1 is 1.26 bits per heavy atom. The highest BCUT2D eigenvalue weighted by Gasteiger charge is 2.36. The summed E-state index contributed by atoms with van der Waals surface area (Å²) in [6.45, 7) is 3.23. The SMILES string of the molecule is CC1CC(CN)CN1C(=O)C(Cc1ccccc1)NC(=O)c1ccco1.Cl. The number of likely N-dealkylation sites (tertiary alicyclic amines) is 1. The molecule has 27 heavy (non-hydrogen) atoms. The van der Waals surface area contributed by atoms with Gasteiger partial charge in [-0.25, -0.2) is 0 Å². The van der Waals surface area contributed by atoms with Crippen LogP contribution in [0.25, 0.3) is 0 Å². The van der Waals surface area contributed by atoms with Crippen molar-refractivity contribution in [3.05, 3.63) is 60.1 Å². The number of rotatable bonds is 6. The smallest absolute Gasteiger partial charge is 0.287 e. The third-order valence-corrected chi connectivity index (χ3v) is 4.91. The molecule has 0 aliphatic carbocycles. The maximum atomic E-state index is 13.2. The van der Waals surface area contributed by atoms with E-state index in [9.17, 15) is 9.59 Å². The summed E-state index contributed by atoms with van der Waals surface area (Å²) in [5.74, 6) is 0.0565. The number of nitrogens with zero attached hydrogens (tertiary/aromatic N) is 1. The molecule has 2 heterocycles. The Hall–Kier alpha value is -2.31. The highest BCUT2D eigenvalue weighted by molar-refractivity contribution is 5.95. The monoisotopic (exact) mass is 391 g/mol. The molecule has 7 heteroatoms. The second-order valence-electron chi connectivity index (χ2n) is 6.87. The lowest BCUT2D eigenvalue weighted by molar-refractivity contribution is -0.133. The van der Waals surface area contributed by atoms with Gasteiger partial charge in [0.25, 0.3) is 5.91 Å². The summed E-state index contributed by atoms with van der Waals surface area (Å²) in [4.78, 5) is 27.4. The number of benzene rings is 1. The maximum Gasteiger partial charge on any atom is 0.287 e. The minimum absolute atomic E-state index is 0. The number of halogens is 1. The quantitative estimate of drug-likeness (QED) is 0.790. The first-order valence-corrected chi connectivity index (χ1v) is 8.97. The lowest BCUT2D eigenvalue weighted by Crippen LogP contribution is -2.50. The Balaban J connectivity index is 0.00000261. The van der Waals surface area contributed by atoms with Gasteiger partial charge in [-0.2, -0.15) is 0 Å². The van der Waals surface area contributed by atoms with Crippen LogP contribution in [-0.4, -0.2) is 41.9 Å². The molecule has 3 rings (SSSR count). The van der Waals surface area contributed by atoms with E-state index in [1.54, 1.807) is 12.1 Å². The topological polar surface area (TPSA) is 88.6 Å². The maximum absolute atomic E-state index is 13.2. The van der Waals surface area contributed by atoms with E-state index < -0.39 is 6.04 Å². The summed E-state index contributed by atoms with van der Waals surface area (Å²) in [6, 6.07) is 12.4. The van der Waals surface area contributed by atoms with Crippen molar-refractivity contribution in [2.24, 2.45) is 11.7 Å². The first kappa shape index (κ1) is 21.0. The molecule has 0 bridgehead atoms. The molecule has 3 atom stereocenters. The van der Waals surface area contributed by atoms with Crippen LogP contribution in [0.5, 0.6) is 0 Å². The van der Waals surface area contributed by atoms with Gasteiger partial charge in [-0.1, -0.05) is 30.3 Å². The van der Waals surface area contributed by atoms with E-state index >= 15 is 0 Å². The summed E-state index contributed by atoms with van der Waals surface area (Å²) in [7, 11) is 0. The van der Waals surface area contributed by atoms with Gasteiger partial charge in [0.05, 0.1) is 6.26 Å². The molecule has 1 aromatic carbocycles. The second-order valence-corrected chi connectivity index (χ2v) is 6.87. The van der Waals surface area contributed by atoms with Crippen molar-refractivity contribution in [1.29, 1.82) is 0 Å². The van der Waals surface area contributed by atoms with Gasteiger partial charge in [0, 0.05) is 19.0 Å². The highest BCUT2D eigenvalue weighted by atomic mass is 35.5. The van der Waals surface area contributed by atoms with E-state index in [1.165, 1.54) is 6.26 Å². The van der Waals surface area contributed by atoms with Crippen LogP contribution in [0, 0.1) is 5.92 Å². The van der Waals surface area contributed by atoms with E-state index in [-0.39, 0.29) is 36.0 Å². The fraction of sp³-hybridized carbons (Fsp3) is 0.400. The van der Waals surface area contributed by atoms with Crippen LogP contribution < -0.4 is 11.1 Å². The van der Waals surface area contributed by atoms with Gasteiger partial charge in [0.1, 0.15) is 6.04 Å². The molecule has 1 aromatic heterocycles. The molecule has 0 spiro atoms. The minimum Gasteiger partial charge on any atom is -0.459 e. The Morgan fingerprint density at radius 2 is 2.00 bits per heavy atom. The van der Waals surface area contributed by atoms with Crippen LogP contribution >= 0.6 is 12.4 Å². The standard InChI is InChI=1S/C20H25N3O3.ClH/c1-14-10-16(12-21)13-23(14)20(25)17(11-15-6-3-2-4-7-15)22-19(24)18-8-5-9-26-18;/h2-9,14,16-17H,10-13,21H2,1H3,(H,22,24);1H. The zero-order valence-electron chi connectivity index (χ0n) is 15.3. The van der Waals surface area contributed by atoms with Crippen molar-refractivity contribution in [3.8, 4) is 0 Å². The summed E-state index contributed by atoms with van der Waals surface area (Å²) in [5.41, 5.74) is 6.78. The van der Waals surface area contributed by atoms with E-state index in [1.807, 2.05) is 42.2 Å². The summed E-state index contributed by atoms with van der Waals surface area (Å²) in [6.07, 6.45) is 2.77. The molecule has 1 aliphatic heterocycles. The molecule has 2 aromatic rings. The summed E-state index contributed by atoms with van der Waals surface area (Å²) >= 11 is 0. The zero-order valence-corrected chi connectivity index (χ0v) is 16.2. The molecule has 0 radical (unpaired) electrons. The predicted octanol–water partition coefficient (Wildman–Crippen LogP) is 2.24. The lowest BCUT2D eigenvalue weighted by Gasteiger charge is -2.27. The third-order valence-electron chi connectivity index (χ3n) is 4.91. The van der Waals surface area contributed by atoms with E-state index in [0.29, 0.717) is 25.4 Å². The number of hydrogen-bond donors (Lipinski definition) is 2. The Kier molecular flexibility index (Phi) is 7.45. The molecule has 146 valence electrons. The molecule has 2 amide bonds. The number of hydrogen-bond acceptors (Lipinski definition) is 4. The Labute approximate surface area is 165 Å². The van der Waals surface area contributed by atoms with Crippen molar-refractivity contribution in [1.82, 2.24) is 10.2 Å². The predicted molar refractivity (Wildman–Crippen MR) is 106 cm³/mol. The van der Waals surface area contributed by atoms with Gasteiger partial charge in [-0.15, -0.1) is 12.4 Å². The fourth-order valence-electron chi connectivity index (χ4n) is 3.51. The number of nitrogens with two attached hydrogens (primary N) is 1. The first-order chi connectivity index (χ1) is 12.6. The molecule has 3 unspecified atom stereocenters. The van der Waals surface area contributed by atoms with Crippen molar-refractivity contribution in [2.75, 3.05) is 13.1 Å². The number of nitrogens with one attached hydrogen (secondary N) is 1. The van der Waals surface area contributed by atoms with Crippen LogP contribution in [0.2, 0.25) is 0 Å². The minimum atomic E-state index is -0.644. The first-order valence-electron chi connectivity index (χ1n) is 8.97. The average molecular weight is 392 g/mol. The fourth-order valence-corrected chi connectivity index (χ4v) is 3.51. The van der Waals surface area contributed by atoms with E-state index in [4.69, 9.17) is 10.2 Å². The van der Waals surface area contributed by atoms with Crippen LogP contribution in [0.4, 0.5) is 0 Å². The molecule has 0 saturated carbocycles. The van der Waals surface area contributed by atoms with Gasteiger partial charge >= 0.3 is 0 Å². The van der Waals surface area contributed by atoms with Gasteiger partial charge < -0.3 is 20.4 Å². The van der Waals surface area contributed by atoms with Crippen molar-refractivity contribution in [3.63, 3.8) is 0 Å². The average Bonchev–Trinajstić information content (AvgIpc) is 3.31. The second kappa shape index (κ2) is 9.58. The molecular weight excluding hydrogens is 366 g/mol. The molecule has 1 saturated heterocycles. The number of amides is 2. The van der Waals surface area contributed by atoms with Crippen molar-refractivity contribution in [2.45, 2.75) is 31.8 Å². The zero-order chi connectivity index (χ0) is 18.5. The largest absolute Gasteiger partial charge is 0.459 e. The summed E-state index contributed by atoms with van der Waals surface area (Å²) in [5, 5.41) is 2.84. The lowest BCUT2D eigenvalue weighted by atomic mass is 10.0. The van der Waals surface area contributed by atoms with Crippen LogP contribution in [0.1, 0.15) is 29.5 Å². The Morgan fingerprint density at radius 3 is 2.59 bits per heavy atom. The summed E-state index contributed by atoms with van der Waals surface area (Å²) < 4.78 is 5.15. The Bertz CT molecular complexity index is 736. The molecule has 1 fully saturated rings. The normalized spacial score (nSPS) is 20.0. The van der Waals surface area contributed by atoms with Crippen LogP contribution in [0.15, 0.2) is 53.1 Å². The number of carbonyl (C=O) groups excluding carboxylic acids is 2. The molecule has 6 nitrogen and oxygen atoms in total. The van der Waals surface area contributed by atoms with Crippen molar-refractivity contribution >= 4 is 24.2 Å². The number of carbonyl (C=O) groups is 2. The van der Waals surface area contributed by atoms with Gasteiger partial charge in [0.15, 0.2) is 5.76 Å². The molecular formula is C20H26ClN3O3.